The molecule has 1 aromatic heterocycles. The zero-order valence-corrected chi connectivity index (χ0v) is 12.9. The molecule has 1 N–H and O–H groups in total. The highest BCUT2D eigenvalue weighted by molar-refractivity contribution is 4.89. The topological polar surface area (TPSA) is 95.5 Å². The van der Waals surface area contributed by atoms with Crippen LogP contribution in [0.2, 0.25) is 0 Å². The Morgan fingerprint density at radius 3 is 2.00 bits per heavy atom. The van der Waals surface area contributed by atoms with E-state index in [0.29, 0.717) is 19.4 Å². The first-order valence-electron chi connectivity index (χ1n) is 7.40. The minimum atomic E-state index is -1.30. The van der Waals surface area contributed by atoms with Crippen LogP contribution >= 0.6 is 0 Å². The van der Waals surface area contributed by atoms with E-state index in [2.05, 4.69) is 13.2 Å². The molecule has 1 aliphatic rings. The van der Waals surface area contributed by atoms with Crippen LogP contribution in [0.5, 0.6) is 0 Å². The van der Waals surface area contributed by atoms with E-state index in [-0.39, 0.29) is 26.2 Å². The maximum atomic E-state index is 12.5. The van der Waals surface area contributed by atoms with Gasteiger partial charge in [-0.1, -0.05) is 12.2 Å². The summed E-state index contributed by atoms with van der Waals surface area (Å²) >= 11 is 0. The lowest BCUT2D eigenvalue weighted by molar-refractivity contribution is -0.0957. The lowest BCUT2D eigenvalue weighted by Crippen LogP contribution is -2.57. The van der Waals surface area contributed by atoms with Crippen LogP contribution in [0, 0.1) is 0 Å². The predicted molar refractivity (Wildman–Crippen MR) is 84.6 cm³/mol. The van der Waals surface area contributed by atoms with Gasteiger partial charge in [-0.15, -0.1) is 13.2 Å². The summed E-state index contributed by atoms with van der Waals surface area (Å²) in [6.45, 7) is 7.33. The molecule has 0 saturated carbocycles. The Kier molecular flexibility index (Phi) is 5.17. The number of rotatable bonds is 6. The molecule has 1 saturated heterocycles. The average molecular weight is 323 g/mol. The Labute approximate surface area is 132 Å². The van der Waals surface area contributed by atoms with Crippen molar-refractivity contribution in [3.05, 3.63) is 56.8 Å². The molecule has 0 bridgehead atoms. The monoisotopic (exact) mass is 323 g/mol. The Morgan fingerprint density at radius 2 is 1.57 bits per heavy atom. The molecular weight excluding hydrogens is 302 g/mol. The first kappa shape index (κ1) is 17.2. The predicted octanol–water partition coefficient (Wildman–Crippen LogP) is -0.915. The van der Waals surface area contributed by atoms with Crippen molar-refractivity contribution < 1.29 is 9.84 Å². The van der Waals surface area contributed by atoms with Gasteiger partial charge in [0.05, 0.1) is 26.2 Å². The second kappa shape index (κ2) is 6.93. The van der Waals surface area contributed by atoms with Crippen molar-refractivity contribution in [3.63, 3.8) is 0 Å². The fourth-order valence-corrected chi connectivity index (χ4v) is 2.65. The lowest BCUT2D eigenvalue weighted by atomic mass is 9.97. The Balaban J connectivity index is 2.59. The van der Waals surface area contributed by atoms with Gasteiger partial charge in [0.25, 0.3) is 0 Å². The molecule has 1 unspecified atom stereocenters. The molecule has 0 aliphatic carbocycles. The Hall–Kier alpha value is -2.19. The van der Waals surface area contributed by atoms with Gasteiger partial charge in [0, 0.05) is 6.61 Å². The van der Waals surface area contributed by atoms with Gasteiger partial charge < -0.3 is 9.84 Å². The summed E-state index contributed by atoms with van der Waals surface area (Å²) in [5.74, 6) is 0. The van der Waals surface area contributed by atoms with Gasteiger partial charge >= 0.3 is 17.1 Å². The lowest BCUT2D eigenvalue weighted by Gasteiger charge is -2.32. The third kappa shape index (κ3) is 3.43. The van der Waals surface area contributed by atoms with Crippen molar-refractivity contribution in [1.29, 1.82) is 0 Å². The van der Waals surface area contributed by atoms with Crippen LogP contribution in [-0.2, 0) is 24.4 Å². The van der Waals surface area contributed by atoms with E-state index in [1.165, 1.54) is 12.2 Å². The molecule has 8 heteroatoms. The molecule has 0 amide bonds. The van der Waals surface area contributed by atoms with E-state index in [1.54, 1.807) is 0 Å². The van der Waals surface area contributed by atoms with Gasteiger partial charge in [0.15, 0.2) is 0 Å². The molecule has 1 fully saturated rings. The molecule has 126 valence electrons. The van der Waals surface area contributed by atoms with Crippen LogP contribution in [0.3, 0.4) is 0 Å². The standard InChI is InChI=1S/C15H21N3O5/c1-3-7-16-12(19)17(8-4-2)14(21)18(13(16)20)10-15(22)6-5-9-23-11-15/h3-4,22H,1-2,5-11H2. The summed E-state index contributed by atoms with van der Waals surface area (Å²) in [7, 11) is 0. The average Bonchev–Trinajstić information content (AvgIpc) is 2.53. The van der Waals surface area contributed by atoms with Crippen molar-refractivity contribution in [2.45, 2.75) is 38.1 Å². The van der Waals surface area contributed by atoms with Crippen molar-refractivity contribution >= 4 is 0 Å². The highest BCUT2D eigenvalue weighted by Gasteiger charge is 2.32. The van der Waals surface area contributed by atoms with Crippen molar-refractivity contribution in [1.82, 2.24) is 13.7 Å². The molecular formula is C15H21N3O5. The van der Waals surface area contributed by atoms with E-state index in [9.17, 15) is 19.5 Å². The fourth-order valence-electron chi connectivity index (χ4n) is 2.65. The third-order valence-electron chi connectivity index (χ3n) is 3.76. The molecule has 1 atom stereocenters. The van der Waals surface area contributed by atoms with Crippen LogP contribution in [0.15, 0.2) is 39.7 Å². The number of hydrogen-bond donors (Lipinski definition) is 1. The highest BCUT2D eigenvalue weighted by atomic mass is 16.5. The van der Waals surface area contributed by atoms with Gasteiger partial charge in [0.2, 0.25) is 0 Å². The molecule has 1 aliphatic heterocycles. The van der Waals surface area contributed by atoms with E-state index < -0.39 is 22.7 Å². The summed E-state index contributed by atoms with van der Waals surface area (Å²) in [5.41, 5.74) is -3.55. The summed E-state index contributed by atoms with van der Waals surface area (Å²) in [5, 5.41) is 10.5. The van der Waals surface area contributed by atoms with Crippen LogP contribution in [0.4, 0.5) is 0 Å². The van der Waals surface area contributed by atoms with Crippen molar-refractivity contribution in [2.75, 3.05) is 13.2 Å². The van der Waals surface area contributed by atoms with Crippen molar-refractivity contribution in [3.8, 4) is 0 Å². The molecule has 8 nitrogen and oxygen atoms in total. The molecule has 0 spiro atoms. The zero-order valence-electron chi connectivity index (χ0n) is 12.9. The molecule has 1 aromatic rings. The van der Waals surface area contributed by atoms with E-state index in [0.717, 1.165) is 13.7 Å². The second-order valence-corrected chi connectivity index (χ2v) is 5.61. The van der Waals surface area contributed by atoms with E-state index >= 15 is 0 Å². The fraction of sp³-hybridized carbons (Fsp3) is 0.533. The van der Waals surface area contributed by atoms with Gasteiger partial charge in [-0.05, 0) is 12.8 Å². The van der Waals surface area contributed by atoms with Gasteiger partial charge in [-0.3, -0.25) is 0 Å². The van der Waals surface area contributed by atoms with Crippen molar-refractivity contribution in [2.24, 2.45) is 0 Å². The number of nitrogens with zero attached hydrogens (tertiary/aromatic N) is 3. The van der Waals surface area contributed by atoms with Crippen LogP contribution < -0.4 is 17.1 Å². The molecule has 2 heterocycles. The normalized spacial score (nSPS) is 21.1. The Morgan fingerprint density at radius 1 is 1.04 bits per heavy atom. The zero-order chi connectivity index (χ0) is 17.0. The van der Waals surface area contributed by atoms with Gasteiger partial charge in [-0.2, -0.15) is 0 Å². The second-order valence-electron chi connectivity index (χ2n) is 5.61. The third-order valence-corrected chi connectivity index (χ3v) is 3.76. The minimum absolute atomic E-state index is 0.0238. The first-order chi connectivity index (χ1) is 10.9. The van der Waals surface area contributed by atoms with Gasteiger partial charge in [0.1, 0.15) is 5.60 Å². The summed E-state index contributed by atoms with van der Waals surface area (Å²) in [6, 6.07) is 0. The SMILES string of the molecule is C=CCn1c(=O)n(CC=C)c(=O)n(CC2(O)CCCOC2)c1=O. The summed E-state index contributed by atoms with van der Waals surface area (Å²) in [4.78, 5) is 37.2. The first-order valence-corrected chi connectivity index (χ1v) is 7.40. The maximum absolute atomic E-state index is 12.5. The van der Waals surface area contributed by atoms with Crippen LogP contribution in [0.1, 0.15) is 12.8 Å². The number of ether oxygens (including phenoxy) is 1. The molecule has 0 radical (unpaired) electrons. The maximum Gasteiger partial charge on any atom is 0.336 e. The van der Waals surface area contributed by atoms with E-state index in [4.69, 9.17) is 4.74 Å². The minimum Gasteiger partial charge on any atom is -0.386 e. The molecule has 0 aromatic carbocycles. The number of aliphatic hydroxyl groups is 1. The molecule has 23 heavy (non-hydrogen) atoms. The molecule has 2 rings (SSSR count). The van der Waals surface area contributed by atoms with Gasteiger partial charge in [-0.25, -0.2) is 28.1 Å². The Bertz CT molecular complexity index is 717. The van der Waals surface area contributed by atoms with Crippen LogP contribution in [0.25, 0.3) is 0 Å². The highest BCUT2D eigenvalue weighted by Crippen LogP contribution is 2.19. The number of hydrogen-bond acceptors (Lipinski definition) is 5. The smallest absolute Gasteiger partial charge is 0.336 e. The van der Waals surface area contributed by atoms with Crippen LogP contribution in [-0.4, -0.2) is 37.6 Å². The summed E-state index contributed by atoms with van der Waals surface area (Å²) < 4.78 is 7.93. The van der Waals surface area contributed by atoms with E-state index in [1.807, 2.05) is 0 Å². The number of aromatic nitrogens is 3. The largest absolute Gasteiger partial charge is 0.386 e. The quantitative estimate of drug-likeness (QED) is 0.684. The number of allylic oxidation sites excluding steroid dienone is 2. The summed E-state index contributed by atoms with van der Waals surface area (Å²) in [6.07, 6.45) is 3.85.